The predicted molar refractivity (Wildman–Crippen MR) is 72.7 cm³/mol. The van der Waals surface area contributed by atoms with E-state index >= 15 is 0 Å². The van der Waals surface area contributed by atoms with Crippen molar-refractivity contribution in [1.29, 1.82) is 0 Å². The Morgan fingerprint density at radius 2 is 2.06 bits per heavy atom. The third-order valence-corrected chi connectivity index (χ3v) is 2.60. The average Bonchev–Trinajstić information content (AvgIpc) is 2.25. The third kappa shape index (κ3) is 6.33. The monoisotopic (exact) mass is 260 g/mol. The van der Waals surface area contributed by atoms with Crippen molar-refractivity contribution >= 4 is 5.97 Å². The van der Waals surface area contributed by atoms with Crippen LogP contribution in [0.5, 0.6) is 0 Å². The summed E-state index contributed by atoms with van der Waals surface area (Å²) in [4.78, 5) is 14.1. The number of carbonyl (C=O) groups is 1. The second kappa shape index (κ2) is 8.45. The number of nitrogens with one attached hydrogen (secondary N) is 1. The minimum Gasteiger partial charge on any atom is -0.465 e. The molecule has 0 radical (unpaired) electrons. The van der Waals surface area contributed by atoms with Gasteiger partial charge in [-0.2, -0.15) is 0 Å². The van der Waals surface area contributed by atoms with Crippen LogP contribution in [0, 0.1) is 0 Å². The Bertz CT molecular complexity index is 246. The molecule has 108 valence electrons. The SMILES string of the molecule is CCOC(=O)C(C)(CN(C)CCOC)NC(C)C. The van der Waals surface area contributed by atoms with Crippen LogP contribution in [0.25, 0.3) is 0 Å². The minimum atomic E-state index is -0.688. The van der Waals surface area contributed by atoms with Gasteiger partial charge in [-0.1, -0.05) is 0 Å². The Morgan fingerprint density at radius 3 is 2.50 bits per heavy atom. The second-order valence-corrected chi connectivity index (χ2v) is 5.08. The van der Waals surface area contributed by atoms with Crippen molar-refractivity contribution in [2.45, 2.75) is 39.3 Å². The number of nitrogens with zero attached hydrogens (tertiary/aromatic N) is 1. The van der Waals surface area contributed by atoms with Crippen molar-refractivity contribution in [3.05, 3.63) is 0 Å². The van der Waals surface area contributed by atoms with E-state index in [9.17, 15) is 4.79 Å². The van der Waals surface area contributed by atoms with E-state index < -0.39 is 5.54 Å². The molecule has 0 fully saturated rings. The molecule has 0 saturated carbocycles. The Balaban J connectivity index is 4.60. The van der Waals surface area contributed by atoms with E-state index in [1.807, 2.05) is 34.7 Å². The van der Waals surface area contributed by atoms with E-state index in [4.69, 9.17) is 9.47 Å². The van der Waals surface area contributed by atoms with Gasteiger partial charge < -0.3 is 14.4 Å². The van der Waals surface area contributed by atoms with Crippen molar-refractivity contribution < 1.29 is 14.3 Å². The van der Waals surface area contributed by atoms with Crippen molar-refractivity contribution in [3.8, 4) is 0 Å². The molecular formula is C13H28N2O3. The highest BCUT2D eigenvalue weighted by Crippen LogP contribution is 2.10. The van der Waals surface area contributed by atoms with Gasteiger partial charge in [0.2, 0.25) is 0 Å². The van der Waals surface area contributed by atoms with Crippen molar-refractivity contribution in [2.75, 3.05) is 40.5 Å². The summed E-state index contributed by atoms with van der Waals surface area (Å²) < 4.78 is 10.2. The first kappa shape index (κ1) is 17.4. The molecule has 0 amide bonds. The van der Waals surface area contributed by atoms with Crippen LogP contribution in [0.15, 0.2) is 0 Å². The topological polar surface area (TPSA) is 50.8 Å². The van der Waals surface area contributed by atoms with Crippen LogP contribution >= 0.6 is 0 Å². The molecule has 1 unspecified atom stereocenters. The standard InChI is InChI=1S/C13H28N2O3/c1-7-18-12(16)13(4,14-11(2)3)10-15(5)8-9-17-6/h11,14H,7-10H2,1-6H3. The number of likely N-dealkylation sites (N-methyl/N-ethyl adjacent to an activating group) is 1. The van der Waals surface area contributed by atoms with Gasteiger partial charge in [0.1, 0.15) is 5.54 Å². The fraction of sp³-hybridized carbons (Fsp3) is 0.923. The van der Waals surface area contributed by atoms with Crippen molar-refractivity contribution in [1.82, 2.24) is 10.2 Å². The molecule has 1 atom stereocenters. The predicted octanol–water partition coefficient (Wildman–Crippen LogP) is 0.884. The highest BCUT2D eigenvalue weighted by molar-refractivity contribution is 5.80. The molecule has 18 heavy (non-hydrogen) atoms. The molecule has 1 N–H and O–H groups in total. The lowest BCUT2D eigenvalue weighted by molar-refractivity contribution is -0.151. The molecule has 0 aromatic rings. The summed E-state index contributed by atoms with van der Waals surface area (Å²) in [5, 5.41) is 3.29. The van der Waals surface area contributed by atoms with E-state index in [1.165, 1.54) is 0 Å². The molecule has 0 spiro atoms. The number of carbonyl (C=O) groups excluding carboxylic acids is 1. The number of ether oxygens (including phenoxy) is 2. The zero-order valence-corrected chi connectivity index (χ0v) is 12.6. The molecule has 0 aromatic carbocycles. The van der Waals surface area contributed by atoms with Crippen LogP contribution in [0.2, 0.25) is 0 Å². The fourth-order valence-corrected chi connectivity index (χ4v) is 1.96. The highest BCUT2D eigenvalue weighted by Gasteiger charge is 2.36. The quantitative estimate of drug-likeness (QED) is 0.624. The molecule has 0 heterocycles. The summed E-state index contributed by atoms with van der Waals surface area (Å²) in [6.45, 7) is 10.2. The lowest BCUT2D eigenvalue weighted by atomic mass is 10.0. The van der Waals surface area contributed by atoms with E-state index in [1.54, 1.807) is 7.11 Å². The molecular weight excluding hydrogens is 232 g/mol. The molecule has 0 saturated heterocycles. The van der Waals surface area contributed by atoms with Gasteiger partial charge in [-0.15, -0.1) is 0 Å². The Labute approximate surface area is 111 Å². The maximum atomic E-state index is 12.1. The van der Waals surface area contributed by atoms with Gasteiger partial charge in [-0.25, -0.2) is 0 Å². The largest absolute Gasteiger partial charge is 0.465 e. The first-order valence-corrected chi connectivity index (χ1v) is 6.48. The molecule has 0 aliphatic heterocycles. The van der Waals surface area contributed by atoms with Gasteiger partial charge in [0.15, 0.2) is 0 Å². The minimum absolute atomic E-state index is 0.206. The molecule has 5 nitrogen and oxygen atoms in total. The number of esters is 1. The number of hydrogen-bond acceptors (Lipinski definition) is 5. The van der Waals surface area contributed by atoms with Gasteiger partial charge in [-0.3, -0.25) is 10.1 Å². The molecule has 0 aliphatic carbocycles. The summed E-state index contributed by atoms with van der Waals surface area (Å²) >= 11 is 0. The average molecular weight is 260 g/mol. The Hall–Kier alpha value is -0.650. The molecule has 0 aliphatic rings. The number of rotatable bonds is 9. The van der Waals surface area contributed by atoms with Crippen LogP contribution in [-0.4, -0.2) is 62.9 Å². The molecule has 0 aromatic heterocycles. The number of hydrogen-bond donors (Lipinski definition) is 1. The van der Waals surface area contributed by atoms with Crippen molar-refractivity contribution in [2.24, 2.45) is 0 Å². The van der Waals surface area contributed by atoms with E-state index in [0.717, 1.165) is 6.54 Å². The lowest BCUT2D eigenvalue weighted by Crippen LogP contribution is -2.59. The van der Waals surface area contributed by atoms with Crippen LogP contribution < -0.4 is 5.32 Å². The Morgan fingerprint density at radius 1 is 1.44 bits per heavy atom. The summed E-state index contributed by atoms with van der Waals surface area (Å²) in [6.07, 6.45) is 0. The normalized spacial score (nSPS) is 14.9. The molecule has 0 rings (SSSR count). The first-order valence-electron chi connectivity index (χ1n) is 6.48. The van der Waals surface area contributed by atoms with Crippen LogP contribution in [0.4, 0.5) is 0 Å². The maximum absolute atomic E-state index is 12.1. The van der Waals surface area contributed by atoms with Crippen LogP contribution in [-0.2, 0) is 14.3 Å². The summed E-state index contributed by atoms with van der Waals surface area (Å²) in [5.41, 5.74) is -0.688. The van der Waals surface area contributed by atoms with Gasteiger partial charge in [0.25, 0.3) is 0 Å². The molecule has 5 heteroatoms. The highest BCUT2D eigenvalue weighted by atomic mass is 16.5. The fourth-order valence-electron chi connectivity index (χ4n) is 1.96. The maximum Gasteiger partial charge on any atom is 0.327 e. The van der Waals surface area contributed by atoms with E-state index in [2.05, 4.69) is 10.2 Å². The smallest absolute Gasteiger partial charge is 0.327 e. The zero-order chi connectivity index (χ0) is 14.2. The zero-order valence-electron chi connectivity index (χ0n) is 12.6. The van der Waals surface area contributed by atoms with Crippen molar-refractivity contribution in [3.63, 3.8) is 0 Å². The van der Waals surface area contributed by atoms with E-state index in [0.29, 0.717) is 19.8 Å². The van der Waals surface area contributed by atoms with Gasteiger partial charge in [0, 0.05) is 26.2 Å². The summed E-state index contributed by atoms with van der Waals surface area (Å²) in [6, 6.07) is 0.218. The lowest BCUT2D eigenvalue weighted by Gasteiger charge is -2.34. The van der Waals surface area contributed by atoms with Crippen LogP contribution in [0.1, 0.15) is 27.7 Å². The van der Waals surface area contributed by atoms with Gasteiger partial charge >= 0.3 is 5.97 Å². The first-order chi connectivity index (χ1) is 8.35. The third-order valence-electron chi connectivity index (χ3n) is 2.60. The Kier molecular flexibility index (Phi) is 8.15. The summed E-state index contributed by atoms with van der Waals surface area (Å²) in [5.74, 6) is -0.206. The van der Waals surface area contributed by atoms with Crippen LogP contribution in [0.3, 0.4) is 0 Å². The number of methoxy groups -OCH3 is 1. The second-order valence-electron chi connectivity index (χ2n) is 5.08. The van der Waals surface area contributed by atoms with E-state index in [-0.39, 0.29) is 12.0 Å². The van der Waals surface area contributed by atoms with Gasteiger partial charge in [-0.05, 0) is 34.7 Å². The molecule has 0 bridgehead atoms. The van der Waals surface area contributed by atoms with Gasteiger partial charge in [0.05, 0.1) is 13.2 Å². The summed E-state index contributed by atoms with van der Waals surface area (Å²) in [7, 11) is 3.64.